The molecule has 3 aromatic heterocycles. The summed E-state index contributed by atoms with van der Waals surface area (Å²) in [6, 6.07) is 0. The van der Waals surface area contributed by atoms with Crippen molar-refractivity contribution in [2.45, 2.75) is 26.8 Å². The number of hydrogen-bond acceptors (Lipinski definition) is 7. The standard InChI is InChI=1S/C19H22N6O2/c1-12-4-5-24(8-12)19-21-6-14(13(2)23-19)9-25-10-16(18(26)27-3)15-7-20-11-22-17(15)25/h6-7,10-12H,4-5,8-9H2,1-3H3. The van der Waals surface area contributed by atoms with E-state index in [9.17, 15) is 4.79 Å². The molecule has 8 nitrogen and oxygen atoms in total. The van der Waals surface area contributed by atoms with Crippen LogP contribution in [0.2, 0.25) is 0 Å². The molecule has 1 atom stereocenters. The summed E-state index contributed by atoms with van der Waals surface area (Å²) in [5, 5.41) is 0.672. The first-order valence-corrected chi connectivity index (χ1v) is 9.01. The Kier molecular flexibility index (Phi) is 4.47. The molecule has 1 unspecified atom stereocenters. The molecule has 0 saturated carbocycles. The van der Waals surface area contributed by atoms with Gasteiger partial charge in [0.05, 0.1) is 24.6 Å². The van der Waals surface area contributed by atoms with E-state index < -0.39 is 5.97 Å². The van der Waals surface area contributed by atoms with E-state index in [1.165, 1.54) is 19.9 Å². The maximum atomic E-state index is 12.1. The van der Waals surface area contributed by atoms with Crippen LogP contribution in [0, 0.1) is 12.8 Å². The third-order valence-corrected chi connectivity index (χ3v) is 5.06. The predicted molar refractivity (Wildman–Crippen MR) is 101 cm³/mol. The van der Waals surface area contributed by atoms with Crippen molar-refractivity contribution in [3.05, 3.63) is 41.7 Å². The summed E-state index contributed by atoms with van der Waals surface area (Å²) in [5.74, 6) is 1.06. The summed E-state index contributed by atoms with van der Waals surface area (Å²) in [6.45, 7) is 6.76. The normalized spacial score (nSPS) is 16.9. The van der Waals surface area contributed by atoms with Crippen molar-refractivity contribution in [3.8, 4) is 0 Å². The number of hydrogen-bond donors (Lipinski definition) is 0. The molecule has 0 bridgehead atoms. The molecule has 140 valence electrons. The van der Waals surface area contributed by atoms with E-state index in [1.807, 2.05) is 17.7 Å². The molecule has 4 heterocycles. The number of aromatic nitrogens is 5. The summed E-state index contributed by atoms with van der Waals surface area (Å²) in [5.41, 5.74) is 3.05. The van der Waals surface area contributed by atoms with Crippen molar-refractivity contribution in [3.63, 3.8) is 0 Å². The molecule has 27 heavy (non-hydrogen) atoms. The molecule has 0 spiro atoms. The Balaban J connectivity index is 1.65. The van der Waals surface area contributed by atoms with Crippen LogP contribution >= 0.6 is 0 Å². The molecule has 0 N–H and O–H groups in total. The number of carbonyl (C=O) groups is 1. The van der Waals surface area contributed by atoms with Crippen LogP contribution in [-0.4, -0.2) is 50.7 Å². The highest BCUT2D eigenvalue weighted by atomic mass is 16.5. The van der Waals surface area contributed by atoms with Crippen LogP contribution in [-0.2, 0) is 11.3 Å². The van der Waals surface area contributed by atoms with E-state index in [4.69, 9.17) is 9.72 Å². The van der Waals surface area contributed by atoms with Crippen LogP contribution in [0.5, 0.6) is 0 Å². The van der Waals surface area contributed by atoms with Gasteiger partial charge in [-0.1, -0.05) is 6.92 Å². The van der Waals surface area contributed by atoms with Gasteiger partial charge in [-0.2, -0.15) is 0 Å². The lowest BCUT2D eigenvalue weighted by molar-refractivity contribution is 0.0602. The van der Waals surface area contributed by atoms with Gasteiger partial charge in [-0.25, -0.2) is 24.7 Å². The summed E-state index contributed by atoms with van der Waals surface area (Å²) in [4.78, 5) is 31.9. The van der Waals surface area contributed by atoms with Gasteiger partial charge in [-0.05, 0) is 19.3 Å². The molecule has 0 amide bonds. The molecule has 0 aromatic carbocycles. The van der Waals surface area contributed by atoms with Crippen LogP contribution in [0.15, 0.2) is 24.9 Å². The Hall–Kier alpha value is -3.03. The van der Waals surface area contributed by atoms with Crippen molar-refractivity contribution in [2.75, 3.05) is 25.1 Å². The van der Waals surface area contributed by atoms with Crippen LogP contribution in [0.3, 0.4) is 0 Å². The number of nitrogens with zero attached hydrogens (tertiary/aromatic N) is 6. The molecule has 8 heteroatoms. The van der Waals surface area contributed by atoms with Crippen molar-refractivity contribution < 1.29 is 9.53 Å². The first-order valence-electron chi connectivity index (χ1n) is 9.01. The molecule has 0 radical (unpaired) electrons. The molecular formula is C19H22N6O2. The van der Waals surface area contributed by atoms with Crippen molar-refractivity contribution >= 4 is 23.0 Å². The lowest BCUT2D eigenvalue weighted by Crippen LogP contribution is -2.22. The minimum atomic E-state index is -0.403. The maximum absolute atomic E-state index is 12.1. The number of esters is 1. The highest BCUT2D eigenvalue weighted by molar-refractivity contribution is 6.03. The second-order valence-corrected chi connectivity index (χ2v) is 7.04. The Morgan fingerprint density at radius 1 is 1.33 bits per heavy atom. The smallest absolute Gasteiger partial charge is 0.340 e. The third kappa shape index (κ3) is 3.22. The van der Waals surface area contributed by atoms with Gasteiger partial charge in [0.2, 0.25) is 5.95 Å². The van der Waals surface area contributed by atoms with Crippen molar-refractivity contribution in [2.24, 2.45) is 5.92 Å². The number of fused-ring (bicyclic) bond motifs is 1. The van der Waals surface area contributed by atoms with Crippen LogP contribution in [0.1, 0.15) is 35.0 Å². The van der Waals surface area contributed by atoms with E-state index in [0.717, 1.165) is 30.3 Å². The SMILES string of the molecule is COC(=O)c1cn(Cc2cnc(N3CCC(C)C3)nc2C)c2ncncc12. The minimum Gasteiger partial charge on any atom is -0.465 e. The molecular weight excluding hydrogens is 344 g/mol. The quantitative estimate of drug-likeness (QED) is 0.654. The van der Waals surface area contributed by atoms with Crippen LogP contribution in [0.4, 0.5) is 5.95 Å². The summed E-state index contributed by atoms with van der Waals surface area (Å²) in [7, 11) is 1.37. The molecule has 0 aliphatic carbocycles. The van der Waals surface area contributed by atoms with E-state index >= 15 is 0 Å². The highest BCUT2D eigenvalue weighted by Crippen LogP contribution is 2.23. The van der Waals surface area contributed by atoms with Gasteiger partial charge in [-0.3, -0.25) is 0 Å². The summed E-state index contributed by atoms with van der Waals surface area (Å²) in [6.07, 6.45) is 7.90. The van der Waals surface area contributed by atoms with E-state index in [2.05, 4.69) is 26.8 Å². The fraction of sp³-hybridized carbons (Fsp3) is 0.421. The summed E-state index contributed by atoms with van der Waals surface area (Å²) < 4.78 is 6.78. The largest absolute Gasteiger partial charge is 0.465 e. The molecule has 1 saturated heterocycles. The Labute approximate surface area is 157 Å². The highest BCUT2D eigenvalue weighted by Gasteiger charge is 2.22. The topological polar surface area (TPSA) is 86.0 Å². The zero-order valence-electron chi connectivity index (χ0n) is 15.7. The first kappa shape index (κ1) is 17.4. The monoisotopic (exact) mass is 366 g/mol. The van der Waals surface area contributed by atoms with Gasteiger partial charge in [0, 0.05) is 42.9 Å². The van der Waals surface area contributed by atoms with Gasteiger partial charge >= 0.3 is 5.97 Å². The average Bonchev–Trinajstić information content (AvgIpc) is 3.27. The van der Waals surface area contributed by atoms with Gasteiger partial charge < -0.3 is 14.2 Å². The molecule has 4 rings (SSSR count). The van der Waals surface area contributed by atoms with E-state index in [0.29, 0.717) is 29.1 Å². The maximum Gasteiger partial charge on any atom is 0.340 e. The number of carbonyl (C=O) groups excluding carboxylic acids is 1. The summed E-state index contributed by atoms with van der Waals surface area (Å²) >= 11 is 0. The second kappa shape index (κ2) is 6.94. The van der Waals surface area contributed by atoms with Gasteiger partial charge in [-0.15, -0.1) is 0 Å². The Morgan fingerprint density at radius 3 is 2.89 bits per heavy atom. The number of ether oxygens (including phenoxy) is 1. The number of aryl methyl sites for hydroxylation is 1. The van der Waals surface area contributed by atoms with Gasteiger partial charge in [0.15, 0.2) is 0 Å². The van der Waals surface area contributed by atoms with Crippen LogP contribution in [0.25, 0.3) is 11.0 Å². The van der Waals surface area contributed by atoms with Gasteiger partial charge in [0.1, 0.15) is 12.0 Å². The van der Waals surface area contributed by atoms with E-state index in [1.54, 1.807) is 12.4 Å². The van der Waals surface area contributed by atoms with Crippen LogP contribution < -0.4 is 4.90 Å². The fourth-order valence-electron chi connectivity index (χ4n) is 3.51. The first-order chi connectivity index (χ1) is 13.1. The third-order valence-electron chi connectivity index (χ3n) is 5.06. The number of anilines is 1. The molecule has 3 aromatic rings. The lowest BCUT2D eigenvalue weighted by atomic mass is 10.2. The lowest BCUT2D eigenvalue weighted by Gasteiger charge is -2.17. The zero-order chi connectivity index (χ0) is 19.0. The van der Waals surface area contributed by atoms with Gasteiger partial charge in [0.25, 0.3) is 0 Å². The molecule has 1 aliphatic heterocycles. The number of rotatable bonds is 4. The van der Waals surface area contributed by atoms with E-state index in [-0.39, 0.29) is 0 Å². The average molecular weight is 366 g/mol. The Morgan fingerprint density at radius 2 is 2.19 bits per heavy atom. The second-order valence-electron chi connectivity index (χ2n) is 7.04. The van der Waals surface area contributed by atoms with Crippen molar-refractivity contribution in [1.82, 2.24) is 24.5 Å². The zero-order valence-corrected chi connectivity index (χ0v) is 15.7. The van der Waals surface area contributed by atoms with Crippen molar-refractivity contribution in [1.29, 1.82) is 0 Å². The molecule has 1 aliphatic rings. The predicted octanol–water partition coefficient (Wildman–Crippen LogP) is 2.21. The number of methoxy groups -OCH3 is 1. The Bertz CT molecular complexity index is 999. The molecule has 1 fully saturated rings. The fourth-order valence-corrected chi connectivity index (χ4v) is 3.51. The minimum absolute atomic E-state index is 0.403.